The van der Waals surface area contributed by atoms with Gasteiger partial charge in [-0.1, -0.05) is 24.6 Å². The highest BCUT2D eigenvalue weighted by Gasteiger charge is 2.31. The molecule has 0 bridgehead atoms. The minimum Gasteiger partial charge on any atom is -0.338 e. The van der Waals surface area contributed by atoms with Crippen molar-refractivity contribution in [3.05, 3.63) is 70.7 Å². The Morgan fingerprint density at radius 3 is 2.56 bits per heavy atom. The topological polar surface area (TPSA) is 46.9 Å². The number of halogens is 1. The van der Waals surface area contributed by atoms with Gasteiger partial charge in [-0.2, -0.15) is 0 Å². The molecule has 1 aliphatic rings. The predicted octanol–water partition coefficient (Wildman–Crippen LogP) is 5.14. The second-order valence-corrected chi connectivity index (χ2v) is 7.44. The van der Waals surface area contributed by atoms with E-state index in [0.29, 0.717) is 17.8 Å². The SMILES string of the molecule is Cc1ccc(Nc2nn(-c3ccc(F)cc3)c3c2C(=O)C[C@@H](C)C3)c(C)c1. The second-order valence-electron chi connectivity index (χ2n) is 7.44. The number of nitrogens with one attached hydrogen (secondary N) is 1. The van der Waals surface area contributed by atoms with Gasteiger partial charge in [-0.05, 0) is 62.1 Å². The number of hydrogen-bond acceptors (Lipinski definition) is 3. The van der Waals surface area contributed by atoms with E-state index in [4.69, 9.17) is 5.10 Å². The van der Waals surface area contributed by atoms with Gasteiger partial charge >= 0.3 is 0 Å². The molecule has 4 nitrogen and oxygen atoms in total. The summed E-state index contributed by atoms with van der Waals surface area (Å²) >= 11 is 0. The number of anilines is 2. The van der Waals surface area contributed by atoms with Crippen LogP contribution in [0.3, 0.4) is 0 Å². The van der Waals surface area contributed by atoms with Crippen LogP contribution in [0.25, 0.3) is 5.69 Å². The number of nitrogens with zero attached hydrogens (tertiary/aromatic N) is 2. The van der Waals surface area contributed by atoms with Crippen LogP contribution < -0.4 is 5.32 Å². The van der Waals surface area contributed by atoms with Crippen molar-refractivity contribution in [1.29, 1.82) is 0 Å². The van der Waals surface area contributed by atoms with E-state index in [0.717, 1.165) is 29.1 Å². The normalized spacial score (nSPS) is 16.3. The summed E-state index contributed by atoms with van der Waals surface area (Å²) in [4.78, 5) is 12.8. The quantitative estimate of drug-likeness (QED) is 0.701. The Hall–Kier alpha value is -2.95. The van der Waals surface area contributed by atoms with Gasteiger partial charge in [-0.15, -0.1) is 5.10 Å². The number of fused-ring (bicyclic) bond motifs is 1. The standard InChI is InChI=1S/C22H22FN3O/c1-13-4-9-18(15(3)10-13)24-22-21-19(11-14(2)12-20(21)27)26(25-22)17-7-5-16(23)6-8-17/h4-10,14H,11-12H2,1-3H3,(H,24,25)/t14-/m0/s1. The molecule has 0 aliphatic heterocycles. The van der Waals surface area contributed by atoms with E-state index in [1.54, 1.807) is 16.8 Å². The van der Waals surface area contributed by atoms with Crippen LogP contribution in [-0.2, 0) is 6.42 Å². The van der Waals surface area contributed by atoms with Crippen molar-refractivity contribution in [2.45, 2.75) is 33.6 Å². The fourth-order valence-electron chi connectivity index (χ4n) is 3.72. The number of benzene rings is 2. The van der Waals surface area contributed by atoms with Crippen LogP contribution in [0.15, 0.2) is 42.5 Å². The van der Waals surface area contributed by atoms with Gasteiger partial charge in [0.2, 0.25) is 0 Å². The molecule has 1 aliphatic carbocycles. The summed E-state index contributed by atoms with van der Waals surface area (Å²) in [6.07, 6.45) is 1.28. The zero-order valence-electron chi connectivity index (χ0n) is 15.7. The van der Waals surface area contributed by atoms with Crippen LogP contribution in [0.2, 0.25) is 0 Å². The largest absolute Gasteiger partial charge is 0.338 e. The molecule has 3 aromatic rings. The number of aromatic nitrogens is 2. The minimum atomic E-state index is -0.294. The van der Waals surface area contributed by atoms with Crippen LogP contribution >= 0.6 is 0 Å². The zero-order valence-corrected chi connectivity index (χ0v) is 15.7. The number of rotatable bonds is 3. The fraction of sp³-hybridized carbons (Fsp3) is 0.273. The number of hydrogen-bond donors (Lipinski definition) is 1. The first-order valence-corrected chi connectivity index (χ1v) is 9.17. The molecule has 0 radical (unpaired) electrons. The maximum absolute atomic E-state index is 13.3. The van der Waals surface area contributed by atoms with Gasteiger partial charge in [-0.25, -0.2) is 9.07 Å². The highest BCUT2D eigenvalue weighted by Crippen LogP contribution is 2.34. The number of Topliss-reactive ketones (excluding diaryl/α,β-unsaturated/α-hetero) is 1. The second kappa shape index (κ2) is 6.65. The maximum atomic E-state index is 13.3. The first-order chi connectivity index (χ1) is 12.9. The molecule has 1 heterocycles. The van der Waals surface area contributed by atoms with E-state index < -0.39 is 0 Å². The van der Waals surface area contributed by atoms with Crippen molar-refractivity contribution < 1.29 is 9.18 Å². The third kappa shape index (κ3) is 3.25. The summed E-state index contributed by atoms with van der Waals surface area (Å²) < 4.78 is 15.1. The Kier molecular flexibility index (Phi) is 4.30. The average Bonchev–Trinajstić information content (AvgIpc) is 2.96. The number of ketones is 1. The molecule has 0 fully saturated rings. The van der Waals surface area contributed by atoms with Crippen LogP contribution in [0.1, 0.15) is 40.5 Å². The van der Waals surface area contributed by atoms with E-state index in [1.165, 1.54) is 17.7 Å². The van der Waals surface area contributed by atoms with Crippen LogP contribution in [0, 0.1) is 25.6 Å². The van der Waals surface area contributed by atoms with Crippen molar-refractivity contribution in [3.63, 3.8) is 0 Å². The Morgan fingerprint density at radius 2 is 1.85 bits per heavy atom. The van der Waals surface area contributed by atoms with E-state index in [1.807, 2.05) is 26.0 Å². The van der Waals surface area contributed by atoms with Gasteiger partial charge in [0.1, 0.15) is 5.82 Å². The predicted molar refractivity (Wildman–Crippen MR) is 105 cm³/mol. The van der Waals surface area contributed by atoms with Crippen molar-refractivity contribution in [3.8, 4) is 5.69 Å². The van der Waals surface area contributed by atoms with Crippen molar-refractivity contribution in [2.24, 2.45) is 5.92 Å². The molecule has 27 heavy (non-hydrogen) atoms. The summed E-state index contributed by atoms with van der Waals surface area (Å²) in [6, 6.07) is 12.3. The Balaban J connectivity index is 1.83. The van der Waals surface area contributed by atoms with Gasteiger partial charge in [0.15, 0.2) is 11.6 Å². The van der Waals surface area contributed by atoms with Crippen LogP contribution in [0.4, 0.5) is 15.9 Å². The molecule has 0 unspecified atom stereocenters. The molecule has 5 heteroatoms. The molecule has 0 saturated carbocycles. The van der Waals surface area contributed by atoms with E-state index in [-0.39, 0.29) is 17.5 Å². The van der Waals surface area contributed by atoms with Crippen molar-refractivity contribution >= 4 is 17.3 Å². The first kappa shape index (κ1) is 17.5. The molecular weight excluding hydrogens is 341 g/mol. The summed E-state index contributed by atoms with van der Waals surface area (Å²) in [7, 11) is 0. The van der Waals surface area contributed by atoms with Crippen LogP contribution in [-0.4, -0.2) is 15.6 Å². The summed E-state index contributed by atoms with van der Waals surface area (Å²) in [5, 5.41) is 8.05. The Bertz CT molecular complexity index is 1020. The average molecular weight is 363 g/mol. The van der Waals surface area contributed by atoms with Gasteiger partial charge in [0, 0.05) is 12.1 Å². The molecule has 0 saturated heterocycles. The summed E-state index contributed by atoms with van der Waals surface area (Å²) in [5.74, 6) is 0.635. The molecule has 1 aromatic heterocycles. The van der Waals surface area contributed by atoms with Gasteiger partial charge in [0.05, 0.1) is 16.9 Å². The molecule has 4 rings (SSSR count). The Morgan fingerprint density at radius 1 is 1.11 bits per heavy atom. The van der Waals surface area contributed by atoms with E-state index in [2.05, 4.69) is 18.3 Å². The summed E-state index contributed by atoms with van der Waals surface area (Å²) in [6.45, 7) is 6.15. The number of aryl methyl sites for hydroxylation is 2. The molecule has 0 amide bonds. The lowest BCUT2D eigenvalue weighted by atomic mass is 9.87. The lowest BCUT2D eigenvalue weighted by Crippen LogP contribution is -2.19. The molecule has 138 valence electrons. The molecule has 1 N–H and O–H groups in total. The third-order valence-electron chi connectivity index (χ3n) is 5.04. The van der Waals surface area contributed by atoms with Gasteiger partial charge in [0.25, 0.3) is 0 Å². The highest BCUT2D eigenvalue weighted by molar-refractivity contribution is 6.03. The van der Waals surface area contributed by atoms with Crippen LogP contribution in [0.5, 0.6) is 0 Å². The fourth-order valence-corrected chi connectivity index (χ4v) is 3.72. The van der Waals surface area contributed by atoms with E-state index in [9.17, 15) is 9.18 Å². The lowest BCUT2D eigenvalue weighted by molar-refractivity contribution is 0.0953. The first-order valence-electron chi connectivity index (χ1n) is 9.17. The monoisotopic (exact) mass is 363 g/mol. The maximum Gasteiger partial charge on any atom is 0.168 e. The highest BCUT2D eigenvalue weighted by atomic mass is 19.1. The minimum absolute atomic E-state index is 0.101. The zero-order chi connectivity index (χ0) is 19.1. The molecule has 2 aromatic carbocycles. The van der Waals surface area contributed by atoms with E-state index >= 15 is 0 Å². The molecule has 0 spiro atoms. The smallest absolute Gasteiger partial charge is 0.168 e. The van der Waals surface area contributed by atoms with Gasteiger partial charge in [-0.3, -0.25) is 4.79 Å². The van der Waals surface area contributed by atoms with Gasteiger partial charge < -0.3 is 5.32 Å². The Labute approximate surface area is 158 Å². The molecule has 1 atom stereocenters. The third-order valence-corrected chi connectivity index (χ3v) is 5.04. The number of carbonyl (C=O) groups is 1. The van der Waals surface area contributed by atoms with Crippen molar-refractivity contribution in [1.82, 2.24) is 9.78 Å². The lowest BCUT2D eigenvalue weighted by Gasteiger charge is -2.19. The summed E-state index contributed by atoms with van der Waals surface area (Å²) in [5.41, 5.74) is 5.50. The number of carbonyl (C=O) groups excluding carboxylic acids is 1. The van der Waals surface area contributed by atoms with Crippen molar-refractivity contribution in [2.75, 3.05) is 5.32 Å². The molecular formula is C22H22FN3O.